The Hall–Kier alpha value is -0.840. The number of aromatic nitrogens is 1. The average molecular weight is 208 g/mol. The van der Waals surface area contributed by atoms with Crippen molar-refractivity contribution in [3.05, 3.63) is 23.5 Å². The second-order valence-electron chi connectivity index (χ2n) is 4.07. The smallest absolute Gasteiger partial charge is 0.0386 e. The molecule has 1 fully saturated rings. The molecule has 1 aliphatic rings. The van der Waals surface area contributed by atoms with Crippen LogP contribution in [-0.2, 0) is 13.0 Å². The van der Waals surface area contributed by atoms with Gasteiger partial charge in [-0.1, -0.05) is 0 Å². The molecule has 15 heavy (non-hydrogen) atoms. The maximum Gasteiger partial charge on any atom is 0.0386 e. The van der Waals surface area contributed by atoms with Crippen LogP contribution in [0.15, 0.2) is 12.1 Å². The van der Waals surface area contributed by atoms with Gasteiger partial charge in [-0.05, 0) is 25.1 Å². The largest absolute Gasteiger partial charge is 0.361 e. The van der Waals surface area contributed by atoms with Crippen LogP contribution in [0.25, 0.3) is 0 Å². The van der Waals surface area contributed by atoms with E-state index >= 15 is 0 Å². The fourth-order valence-electron chi connectivity index (χ4n) is 1.99. The summed E-state index contributed by atoms with van der Waals surface area (Å²) in [5.74, 6) is 0. The summed E-state index contributed by atoms with van der Waals surface area (Å²) in [4.78, 5) is 5.89. The van der Waals surface area contributed by atoms with Crippen molar-refractivity contribution in [3.63, 3.8) is 0 Å². The summed E-state index contributed by atoms with van der Waals surface area (Å²) in [6.07, 6.45) is 0.946. The Morgan fingerprint density at radius 3 is 2.67 bits per heavy atom. The summed E-state index contributed by atoms with van der Waals surface area (Å²) in [6, 6.07) is 4.32. The van der Waals surface area contributed by atoms with Crippen LogP contribution in [0.5, 0.6) is 0 Å². The van der Waals surface area contributed by atoms with Gasteiger partial charge in [-0.2, -0.15) is 0 Å². The van der Waals surface area contributed by atoms with E-state index in [1.807, 2.05) is 0 Å². The summed E-state index contributed by atoms with van der Waals surface area (Å²) in [7, 11) is 0. The molecule has 0 radical (unpaired) electrons. The fourth-order valence-corrected chi connectivity index (χ4v) is 1.99. The summed E-state index contributed by atoms with van der Waals surface area (Å²) < 4.78 is 0. The second kappa shape index (κ2) is 5.30. The first-order valence-corrected chi connectivity index (χ1v) is 5.68. The molecule has 2 rings (SSSR count). The van der Waals surface area contributed by atoms with E-state index in [4.69, 9.17) is 5.73 Å². The number of nitrogens with zero attached hydrogens (tertiary/aromatic N) is 1. The zero-order valence-corrected chi connectivity index (χ0v) is 9.13. The Kier molecular flexibility index (Phi) is 3.77. The van der Waals surface area contributed by atoms with Crippen molar-refractivity contribution in [2.75, 3.05) is 32.7 Å². The number of nitrogens with two attached hydrogens (primary N) is 1. The Bertz CT molecular complexity index is 289. The van der Waals surface area contributed by atoms with Gasteiger partial charge in [0.05, 0.1) is 0 Å². The molecule has 0 spiro atoms. The minimum absolute atomic E-state index is 0.716. The van der Waals surface area contributed by atoms with E-state index in [1.54, 1.807) is 0 Å². The SMILES string of the molecule is NCCc1ccc(CN2CCNCC2)[nH]1. The van der Waals surface area contributed by atoms with E-state index in [9.17, 15) is 0 Å². The number of H-pyrrole nitrogens is 1. The van der Waals surface area contributed by atoms with Crippen molar-refractivity contribution in [2.45, 2.75) is 13.0 Å². The van der Waals surface area contributed by atoms with Gasteiger partial charge in [-0.25, -0.2) is 0 Å². The Morgan fingerprint density at radius 2 is 1.93 bits per heavy atom. The predicted molar refractivity (Wildman–Crippen MR) is 61.7 cm³/mol. The lowest BCUT2D eigenvalue weighted by molar-refractivity contribution is 0.231. The molecule has 4 heteroatoms. The third kappa shape index (κ3) is 3.06. The van der Waals surface area contributed by atoms with Gasteiger partial charge in [-0.3, -0.25) is 4.90 Å². The lowest BCUT2D eigenvalue weighted by Crippen LogP contribution is -2.42. The average Bonchev–Trinajstić information content (AvgIpc) is 2.68. The van der Waals surface area contributed by atoms with Gasteiger partial charge in [0.25, 0.3) is 0 Å². The Labute approximate surface area is 90.8 Å². The molecule has 1 saturated heterocycles. The van der Waals surface area contributed by atoms with Crippen molar-refractivity contribution in [1.82, 2.24) is 15.2 Å². The molecule has 0 saturated carbocycles. The van der Waals surface area contributed by atoms with Gasteiger partial charge in [0.1, 0.15) is 0 Å². The fraction of sp³-hybridized carbons (Fsp3) is 0.636. The van der Waals surface area contributed by atoms with Crippen molar-refractivity contribution in [1.29, 1.82) is 0 Å². The van der Waals surface area contributed by atoms with Crippen molar-refractivity contribution in [3.8, 4) is 0 Å². The molecule has 1 aromatic rings. The van der Waals surface area contributed by atoms with E-state index in [0.717, 1.165) is 39.1 Å². The number of rotatable bonds is 4. The van der Waals surface area contributed by atoms with Crippen molar-refractivity contribution < 1.29 is 0 Å². The normalized spacial score (nSPS) is 18.2. The van der Waals surface area contributed by atoms with Gasteiger partial charge in [0.2, 0.25) is 0 Å². The molecule has 0 aromatic carbocycles. The quantitative estimate of drug-likeness (QED) is 0.649. The van der Waals surface area contributed by atoms with Gasteiger partial charge in [-0.15, -0.1) is 0 Å². The van der Waals surface area contributed by atoms with Gasteiger partial charge >= 0.3 is 0 Å². The van der Waals surface area contributed by atoms with E-state index in [2.05, 4.69) is 27.3 Å². The molecule has 0 bridgehead atoms. The topological polar surface area (TPSA) is 57.1 Å². The molecule has 0 amide bonds. The maximum atomic E-state index is 5.52. The molecule has 84 valence electrons. The maximum absolute atomic E-state index is 5.52. The van der Waals surface area contributed by atoms with Crippen molar-refractivity contribution >= 4 is 0 Å². The second-order valence-corrected chi connectivity index (χ2v) is 4.07. The summed E-state index contributed by atoms with van der Waals surface area (Å²) in [5, 5.41) is 3.36. The van der Waals surface area contributed by atoms with Crippen LogP contribution in [-0.4, -0.2) is 42.6 Å². The molecule has 0 atom stereocenters. The molecule has 4 N–H and O–H groups in total. The third-order valence-corrected chi connectivity index (χ3v) is 2.82. The monoisotopic (exact) mass is 208 g/mol. The number of nitrogens with one attached hydrogen (secondary N) is 2. The zero-order chi connectivity index (χ0) is 10.5. The molecule has 1 aromatic heterocycles. The molecule has 0 aliphatic carbocycles. The predicted octanol–water partition coefficient (Wildman–Crippen LogP) is -0.0789. The number of piperazine rings is 1. The molecular formula is C11H20N4. The van der Waals surface area contributed by atoms with E-state index in [0.29, 0.717) is 6.54 Å². The highest BCUT2D eigenvalue weighted by molar-refractivity contribution is 5.13. The van der Waals surface area contributed by atoms with Crippen LogP contribution in [0, 0.1) is 0 Å². The lowest BCUT2D eigenvalue weighted by atomic mass is 10.3. The summed E-state index contributed by atoms with van der Waals surface area (Å²) in [6.45, 7) is 6.25. The zero-order valence-electron chi connectivity index (χ0n) is 9.13. The molecule has 4 nitrogen and oxygen atoms in total. The van der Waals surface area contributed by atoms with Crippen LogP contribution in [0.4, 0.5) is 0 Å². The van der Waals surface area contributed by atoms with Crippen LogP contribution in [0.3, 0.4) is 0 Å². The highest BCUT2D eigenvalue weighted by atomic mass is 15.2. The summed E-state index contributed by atoms with van der Waals surface area (Å²) >= 11 is 0. The minimum Gasteiger partial charge on any atom is -0.361 e. The van der Waals surface area contributed by atoms with Gasteiger partial charge < -0.3 is 16.0 Å². The standard InChI is InChI=1S/C11H20N4/c12-4-3-10-1-2-11(14-10)9-15-7-5-13-6-8-15/h1-2,13-14H,3-9,12H2. The minimum atomic E-state index is 0.716. The first-order chi connectivity index (χ1) is 7.38. The van der Waals surface area contributed by atoms with E-state index in [1.165, 1.54) is 11.4 Å². The lowest BCUT2D eigenvalue weighted by Gasteiger charge is -2.26. The highest BCUT2D eigenvalue weighted by Crippen LogP contribution is 2.06. The Balaban J connectivity index is 1.86. The number of hydrogen-bond donors (Lipinski definition) is 3. The molecule has 2 heterocycles. The number of hydrogen-bond acceptors (Lipinski definition) is 3. The number of aromatic amines is 1. The molecular weight excluding hydrogens is 188 g/mol. The van der Waals surface area contributed by atoms with Gasteiger partial charge in [0.15, 0.2) is 0 Å². The van der Waals surface area contributed by atoms with E-state index in [-0.39, 0.29) is 0 Å². The molecule has 1 aliphatic heterocycles. The molecule has 0 unspecified atom stereocenters. The third-order valence-electron chi connectivity index (χ3n) is 2.82. The van der Waals surface area contributed by atoms with E-state index < -0.39 is 0 Å². The van der Waals surface area contributed by atoms with Crippen LogP contribution >= 0.6 is 0 Å². The van der Waals surface area contributed by atoms with Gasteiger partial charge in [0, 0.05) is 44.1 Å². The first-order valence-electron chi connectivity index (χ1n) is 5.68. The first kappa shape index (κ1) is 10.7. The van der Waals surface area contributed by atoms with Crippen LogP contribution in [0.2, 0.25) is 0 Å². The van der Waals surface area contributed by atoms with Crippen LogP contribution in [0.1, 0.15) is 11.4 Å². The summed E-state index contributed by atoms with van der Waals surface area (Å²) in [5.41, 5.74) is 8.07. The van der Waals surface area contributed by atoms with Crippen molar-refractivity contribution in [2.24, 2.45) is 5.73 Å². The van der Waals surface area contributed by atoms with Crippen LogP contribution < -0.4 is 11.1 Å². The highest BCUT2D eigenvalue weighted by Gasteiger charge is 2.10. The Morgan fingerprint density at radius 1 is 1.20 bits per heavy atom.